The Kier molecular flexibility index (Phi) is 6.22. The van der Waals surface area contributed by atoms with Crippen LogP contribution >= 0.6 is 23.2 Å². The molecule has 1 unspecified atom stereocenters. The van der Waals surface area contributed by atoms with Gasteiger partial charge in [0.05, 0.1) is 16.4 Å². The third kappa shape index (κ3) is 4.48. The lowest BCUT2D eigenvalue weighted by Gasteiger charge is -2.32. The van der Waals surface area contributed by atoms with E-state index in [0.717, 1.165) is 44.1 Å². The number of rotatable bonds is 4. The Morgan fingerprint density at radius 3 is 2.77 bits per heavy atom. The maximum Gasteiger partial charge on any atom is 0.133 e. The first kappa shape index (κ1) is 20.9. The number of fused-ring (bicyclic) bond motifs is 1. The second kappa shape index (κ2) is 9.23. The molecule has 1 saturated heterocycles. The maximum absolute atomic E-state index is 6.57. The van der Waals surface area contributed by atoms with Crippen molar-refractivity contribution in [3.05, 3.63) is 75.4 Å². The van der Waals surface area contributed by atoms with Gasteiger partial charge in [-0.25, -0.2) is 4.68 Å². The van der Waals surface area contributed by atoms with E-state index in [1.165, 1.54) is 42.5 Å². The molecule has 1 aromatic heterocycles. The molecule has 0 bridgehead atoms. The molecule has 0 aliphatic carbocycles. The Morgan fingerprint density at radius 1 is 1.03 bits per heavy atom. The van der Waals surface area contributed by atoms with Gasteiger partial charge in [-0.15, -0.1) is 0 Å². The van der Waals surface area contributed by atoms with Gasteiger partial charge in [0.2, 0.25) is 0 Å². The van der Waals surface area contributed by atoms with Crippen molar-refractivity contribution in [3.8, 4) is 5.69 Å². The minimum absolute atomic E-state index is 0.435. The zero-order chi connectivity index (χ0) is 21.2. The first-order chi connectivity index (χ1) is 15.2. The van der Waals surface area contributed by atoms with Gasteiger partial charge in [-0.2, -0.15) is 5.10 Å². The highest BCUT2D eigenvalue weighted by Gasteiger charge is 2.30. The molecule has 0 spiro atoms. The predicted molar refractivity (Wildman–Crippen MR) is 129 cm³/mol. The molecule has 31 heavy (non-hydrogen) atoms. The Hall–Kier alpha value is -2.01. The molecular weight excluding hydrogens is 427 g/mol. The van der Waals surface area contributed by atoms with Crippen LogP contribution in [-0.2, 0) is 13.0 Å². The van der Waals surface area contributed by atoms with Crippen LogP contribution in [0, 0.1) is 0 Å². The van der Waals surface area contributed by atoms with Gasteiger partial charge in [-0.3, -0.25) is 4.90 Å². The monoisotopic (exact) mass is 454 g/mol. The number of piperidine rings is 1. The van der Waals surface area contributed by atoms with Crippen molar-refractivity contribution in [1.82, 2.24) is 14.7 Å². The van der Waals surface area contributed by atoms with Crippen molar-refractivity contribution in [3.63, 3.8) is 0 Å². The zero-order valence-electron chi connectivity index (χ0n) is 17.7. The Bertz CT molecular complexity index is 1050. The Balaban J connectivity index is 1.48. The summed E-state index contributed by atoms with van der Waals surface area (Å²) in [6.45, 7) is 4.15. The van der Waals surface area contributed by atoms with Crippen LogP contribution in [0.4, 0.5) is 5.82 Å². The normalized spacial score (nSPS) is 19.5. The van der Waals surface area contributed by atoms with Crippen LogP contribution < -0.4 is 5.32 Å². The van der Waals surface area contributed by atoms with Gasteiger partial charge >= 0.3 is 0 Å². The maximum atomic E-state index is 6.57. The lowest BCUT2D eigenvalue weighted by Crippen LogP contribution is -2.34. The standard InChI is InChI=1S/C25H28Cl2N4/c26-20-11-12-22(27)23(15-20)31-25-21(10-4-5-13-28-25)24(29-31)19-9-6-14-30(17-19)16-18-7-2-1-3-8-18/h1-3,7-8,11-12,15,19,28H,4-6,9-10,13-14,16-17H2. The Morgan fingerprint density at radius 2 is 1.90 bits per heavy atom. The molecule has 0 radical (unpaired) electrons. The lowest BCUT2D eigenvalue weighted by molar-refractivity contribution is 0.198. The van der Waals surface area contributed by atoms with Gasteiger partial charge in [0.25, 0.3) is 0 Å². The summed E-state index contributed by atoms with van der Waals surface area (Å²) < 4.78 is 2.00. The number of nitrogens with one attached hydrogen (secondary N) is 1. The number of halogens is 2. The van der Waals surface area contributed by atoms with Crippen molar-refractivity contribution in [1.29, 1.82) is 0 Å². The van der Waals surface area contributed by atoms with E-state index in [4.69, 9.17) is 28.3 Å². The van der Waals surface area contributed by atoms with Crippen molar-refractivity contribution in [2.45, 2.75) is 44.6 Å². The molecule has 2 aliphatic rings. The molecule has 4 nitrogen and oxygen atoms in total. The second-order valence-electron chi connectivity index (χ2n) is 8.66. The molecule has 5 rings (SSSR count). The van der Waals surface area contributed by atoms with E-state index in [0.29, 0.717) is 16.0 Å². The summed E-state index contributed by atoms with van der Waals surface area (Å²) in [7, 11) is 0. The van der Waals surface area contributed by atoms with E-state index in [1.54, 1.807) is 0 Å². The molecule has 6 heteroatoms. The van der Waals surface area contributed by atoms with E-state index in [1.807, 2.05) is 22.9 Å². The molecule has 3 aromatic rings. The van der Waals surface area contributed by atoms with Crippen LogP contribution in [0.15, 0.2) is 48.5 Å². The van der Waals surface area contributed by atoms with E-state index in [-0.39, 0.29) is 0 Å². The molecule has 0 saturated carbocycles. The van der Waals surface area contributed by atoms with Crippen LogP contribution in [0.2, 0.25) is 10.0 Å². The molecule has 0 amide bonds. The van der Waals surface area contributed by atoms with E-state index >= 15 is 0 Å². The fraction of sp³-hybridized carbons (Fsp3) is 0.400. The summed E-state index contributed by atoms with van der Waals surface area (Å²) in [6, 6.07) is 16.4. The average molecular weight is 455 g/mol. The second-order valence-corrected chi connectivity index (χ2v) is 9.51. The average Bonchev–Trinajstić information content (AvgIpc) is 2.97. The first-order valence-electron chi connectivity index (χ1n) is 11.3. The molecule has 2 aliphatic heterocycles. The summed E-state index contributed by atoms with van der Waals surface area (Å²) in [5.74, 6) is 1.53. The highest BCUT2D eigenvalue weighted by molar-refractivity contribution is 6.34. The minimum Gasteiger partial charge on any atom is -0.370 e. The van der Waals surface area contributed by atoms with Gasteiger partial charge in [0, 0.05) is 36.1 Å². The van der Waals surface area contributed by atoms with E-state index in [2.05, 4.69) is 40.5 Å². The number of likely N-dealkylation sites (tertiary alicyclic amines) is 1. The molecule has 162 valence electrons. The van der Waals surface area contributed by atoms with Crippen molar-refractivity contribution in [2.75, 3.05) is 25.0 Å². The number of hydrogen-bond acceptors (Lipinski definition) is 3. The van der Waals surface area contributed by atoms with Crippen LogP contribution in [0.1, 0.15) is 48.4 Å². The molecule has 1 fully saturated rings. The third-order valence-electron chi connectivity index (χ3n) is 6.44. The molecule has 1 N–H and O–H groups in total. The van der Waals surface area contributed by atoms with Gasteiger partial charge in [-0.1, -0.05) is 53.5 Å². The molecule has 2 aromatic carbocycles. The predicted octanol–water partition coefficient (Wildman–Crippen LogP) is 6.31. The summed E-state index contributed by atoms with van der Waals surface area (Å²) >= 11 is 12.9. The summed E-state index contributed by atoms with van der Waals surface area (Å²) in [5, 5.41) is 10.1. The highest BCUT2D eigenvalue weighted by Crippen LogP contribution is 2.37. The Labute approximate surface area is 194 Å². The largest absolute Gasteiger partial charge is 0.370 e. The van der Waals surface area contributed by atoms with Gasteiger partial charge in [0.15, 0.2) is 0 Å². The van der Waals surface area contributed by atoms with Gasteiger partial charge in [0.1, 0.15) is 5.82 Å². The van der Waals surface area contributed by atoms with Crippen molar-refractivity contribution in [2.24, 2.45) is 0 Å². The number of aromatic nitrogens is 2. The number of benzene rings is 2. The number of hydrogen-bond donors (Lipinski definition) is 1. The molecular formula is C25H28Cl2N4. The van der Waals surface area contributed by atoms with Crippen LogP contribution in [-0.4, -0.2) is 34.3 Å². The smallest absolute Gasteiger partial charge is 0.133 e. The van der Waals surface area contributed by atoms with Gasteiger partial charge in [-0.05, 0) is 62.4 Å². The fourth-order valence-electron chi connectivity index (χ4n) is 4.94. The quantitative estimate of drug-likeness (QED) is 0.501. The molecule has 1 atom stereocenters. The van der Waals surface area contributed by atoms with Crippen LogP contribution in [0.25, 0.3) is 5.69 Å². The summed E-state index contributed by atoms with van der Waals surface area (Å²) in [4.78, 5) is 2.57. The minimum atomic E-state index is 0.435. The van der Waals surface area contributed by atoms with E-state index < -0.39 is 0 Å². The van der Waals surface area contributed by atoms with Crippen LogP contribution in [0.5, 0.6) is 0 Å². The topological polar surface area (TPSA) is 33.1 Å². The fourth-order valence-corrected chi connectivity index (χ4v) is 5.31. The SMILES string of the molecule is Clc1ccc(Cl)c(-n2nc(C3CCCN(Cc4ccccc4)C3)c3c2NCCCC3)c1. The summed E-state index contributed by atoms with van der Waals surface area (Å²) in [5.41, 5.74) is 4.82. The van der Waals surface area contributed by atoms with Crippen LogP contribution in [0.3, 0.4) is 0 Å². The van der Waals surface area contributed by atoms with E-state index in [9.17, 15) is 0 Å². The van der Waals surface area contributed by atoms with Crippen molar-refractivity contribution < 1.29 is 0 Å². The number of nitrogens with zero attached hydrogens (tertiary/aromatic N) is 3. The lowest BCUT2D eigenvalue weighted by atomic mass is 9.91. The number of anilines is 1. The van der Waals surface area contributed by atoms with Crippen molar-refractivity contribution >= 4 is 29.0 Å². The highest BCUT2D eigenvalue weighted by atomic mass is 35.5. The zero-order valence-corrected chi connectivity index (χ0v) is 19.2. The molecule has 3 heterocycles. The van der Waals surface area contributed by atoms with Gasteiger partial charge < -0.3 is 5.32 Å². The third-order valence-corrected chi connectivity index (χ3v) is 6.99. The first-order valence-corrected chi connectivity index (χ1v) is 12.0. The summed E-state index contributed by atoms with van der Waals surface area (Å²) in [6.07, 6.45) is 5.79.